The van der Waals surface area contributed by atoms with Gasteiger partial charge in [0.2, 0.25) is 0 Å². The molecule has 1 aromatic carbocycles. The number of rotatable bonds is 4. The molecule has 5 heteroatoms. The minimum atomic E-state index is -0.333. The van der Waals surface area contributed by atoms with Crippen LogP contribution in [0, 0.1) is 12.3 Å². The van der Waals surface area contributed by atoms with Crippen molar-refractivity contribution in [3.8, 4) is 12.3 Å². The van der Waals surface area contributed by atoms with Crippen molar-refractivity contribution in [1.82, 2.24) is 4.90 Å². The van der Waals surface area contributed by atoms with Crippen molar-refractivity contribution in [3.63, 3.8) is 0 Å². The van der Waals surface area contributed by atoms with Crippen molar-refractivity contribution in [3.05, 3.63) is 46.9 Å². The third-order valence-electron chi connectivity index (χ3n) is 3.07. The number of hydrogen-bond donors (Lipinski definition) is 0. The highest BCUT2D eigenvalue weighted by molar-refractivity contribution is 8.18. The molecule has 0 aromatic heterocycles. The molecule has 0 atom stereocenters. The second-order valence-electron chi connectivity index (χ2n) is 4.84. The van der Waals surface area contributed by atoms with Crippen molar-refractivity contribution in [1.29, 1.82) is 0 Å². The summed E-state index contributed by atoms with van der Waals surface area (Å²) in [4.78, 5) is 27.0. The van der Waals surface area contributed by atoms with Gasteiger partial charge in [0, 0.05) is 19.8 Å². The lowest BCUT2D eigenvalue weighted by molar-refractivity contribution is -0.122. The SMILES string of the molecule is C#CCN1C(=O)SC(=CC=Cc2ccc(N(C)C)cc2)C1=O. The first-order chi connectivity index (χ1) is 10.5. The maximum atomic E-state index is 11.9. The molecule has 0 bridgehead atoms. The third kappa shape index (κ3) is 3.60. The van der Waals surface area contributed by atoms with E-state index in [1.54, 1.807) is 12.2 Å². The van der Waals surface area contributed by atoms with E-state index in [-0.39, 0.29) is 17.7 Å². The van der Waals surface area contributed by atoms with Gasteiger partial charge < -0.3 is 4.90 Å². The lowest BCUT2D eigenvalue weighted by atomic mass is 10.2. The third-order valence-corrected chi connectivity index (χ3v) is 3.99. The molecule has 22 heavy (non-hydrogen) atoms. The van der Waals surface area contributed by atoms with Crippen LogP contribution in [-0.2, 0) is 4.79 Å². The maximum absolute atomic E-state index is 11.9. The van der Waals surface area contributed by atoms with Crippen LogP contribution in [0.2, 0.25) is 0 Å². The van der Waals surface area contributed by atoms with Crippen molar-refractivity contribution in [2.45, 2.75) is 0 Å². The predicted molar refractivity (Wildman–Crippen MR) is 91.4 cm³/mol. The number of hydrogen-bond acceptors (Lipinski definition) is 4. The van der Waals surface area contributed by atoms with Gasteiger partial charge in [0.15, 0.2) is 0 Å². The molecule has 1 aliphatic heterocycles. The molecule has 0 radical (unpaired) electrons. The van der Waals surface area contributed by atoms with E-state index in [1.165, 1.54) is 0 Å². The molecule has 112 valence electrons. The normalized spacial score (nSPS) is 16.6. The van der Waals surface area contributed by atoms with Crippen molar-refractivity contribution in [2.75, 3.05) is 25.5 Å². The minimum absolute atomic E-state index is 0.0116. The summed E-state index contributed by atoms with van der Waals surface area (Å²) in [5, 5.41) is -0.321. The highest BCUT2D eigenvalue weighted by Crippen LogP contribution is 2.30. The summed E-state index contributed by atoms with van der Waals surface area (Å²) in [7, 11) is 3.97. The lowest BCUT2D eigenvalue weighted by Crippen LogP contribution is -2.28. The summed E-state index contributed by atoms with van der Waals surface area (Å²) in [5.41, 5.74) is 2.14. The first-order valence-corrected chi connectivity index (χ1v) is 7.47. The summed E-state index contributed by atoms with van der Waals surface area (Å²) >= 11 is 0.908. The number of terminal acetylenes is 1. The highest BCUT2D eigenvalue weighted by Gasteiger charge is 2.33. The van der Waals surface area contributed by atoms with Crippen LogP contribution >= 0.6 is 11.8 Å². The molecule has 0 aliphatic carbocycles. The maximum Gasteiger partial charge on any atom is 0.294 e. The van der Waals surface area contributed by atoms with Crippen LogP contribution in [0.4, 0.5) is 10.5 Å². The summed E-state index contributed by atoms with van der Waals surface area (Å²) in [6.07, 6.45) is 10.4. The zero-order valence-corrected chi connectivity index (χ0v) is 13.3. The second kappa shape index (κ2) is 7.01. The lowest BCUT2D eigenvalue weighted by Gasteiger charge is -2.11. The Bertz CT molecular complexity index is 682. The Balaban J connectivity index is 2.07. The summed E-state index contributed by atoms with van der Waals surface area (Å²) in [6, 6.07) is 8.01. The van der Waals surface area contributed by atoms with Crippen LogP contribution < -0.4 is 4.90 Å². The van der Waals surface area contributed by atoms with Gasteiger partial charge in [0.25, 0.3) is 11.1 Å². The predicted octanol–water partition coefficient (Wildman–Crippen LogP) is 2.98. The Morgan fingerprint density at radius 1 is 1.27 bits per heavy atom. The van der Waals surface area contributed by atoms with E-state index in [0.717, 1.165) is 27.9 Å². The number of carbonyl (C=O) groups excluding carboxylic acids is 2. The minimum Gasteiger partial charge on any atom is -0.378 e. The molecule has 0 spiro atoms. The van der Waals surface area contributed by atoms with Gasteiger partial charge in [-0.2, -0.15) is 0 Å². The van der Waals surface area contributed by atoms with E-state index in [2.05, 4.69) is 5.92 Å². The van der Waals surface area contributed by atoms with E-state index in [9.17, 15) is 9.59 Å². The van der Waals surface area contributed by atoms with Crippen LogP contribution in [0.1, 0.15) is 5.56 Å². The first-order valence-electron chi connectivity index (χ1n) is 6.66. The van der Waals surface area contributed by atoms with Gasteiger partial charge in [-0.25, -0.2) is 0 Å². The molecule has 1 aromatic rings. The number of benzene rings is 1. The van der Waals surface area contributed by atoms with Crippen LogP contribution in [0.25, 0.3) is 6.08 Å². The number of amides is 2. The molecule has 2 amide bonds. The molecular weight excluding hydrogens is 296 g/mol. The van der Waals surface area contributed by atoms with Gasteiger partial charge in [-0.05, 0) is 35.5 Å². The Morgan fingerprint density at radius 2 is 1.95 bits per heavy atom. The number of allylic oxidation sites excluding steroid dienone is 2. The Morgan fingerprint density at radius 3 is 2.55 bits per heavy atom. The standard InChI is InChI=1S/C17H16N2O2S/c1-4-12-19-16(20)15(22-17(19)21)7-5-6-13-8-10-14(11-9-13)18(2)3/h1,5-11H,12H2,2-3H3. The molecule has 0 N–H and O–H groups in total. The molecule has 1 saturated heterocycles. The topological polar surface area (TPSA) is 40.6 Å². The Kier molecular flexibility index (Phi) is 5.08. The monoisotopic (exact) mass is 312 g/mol. The smallest absolute Gasteiger partial charge is 0.294 e. The first kappa shape index (κ1) is 15.9. The van der Waals surface area contributed by atoms with Gasteiger partial charge in [0.05, 0.1) is 11.4 Å². The summed E-state index contributed by atoms with van der Waals surface area (Å²) < 4.78 is 0. The zero-order valence-electron chi connectivity index (χ0n) is 12.4. The quantitative estimate of drug-likeness (QED) is 0.633. The molecule has 0 unspecified atom stereocenters. The number of imide groups is 1. The van der Waals surface area contributed by atoms with E-state index in [1.807, 2.05) is 49.3 Å². The highest BCUT2D eigenvalue weighted by atomic mass is 32.2. The van der Waals surface area contributed by atoms with Gasteiger partial charge in [-0.15, -0.1) is 6.42 Å². The molecule has 4 nitrogen and oxygen atoms in total. The van der Waals surface area contributed by atoms with Crippen LogP contribution in [0.15, 0.2) is 41.3 Å². The summed E-state index contributed by atoms with van der Waals surface area (Å²) in [6.45, 7) is 0.0116. The fourth-order valence-corrected chi connectivity index (χ4v) is 2.66. The molecule has 0 saturated carbocycles. The van der Waals surface area contributed by atoms with Crippen LogP contribution in [-0.4, -0.2) is 36.7 Å². The van der Waals surface area contributed by atoms with Crippen molar-refractivity contribution >= 4 is 34.7 Å². The van der Waals surface area contributed by atoms with Gasteiger partial charge in [-0.3, -0.25) is 14.5 Å². The average Bonchev–Trinajstić information content (AvgIpc) is 2.76. The van der Waals surface area contributed by atoms with E-state index < -0.39 is 0 Å². The van der Waals surface area contributed by atoms with Gasteiger partial charge >= 0.3 is 0 Å². The fourth-order valence-electron chi connectivity index (χ4n) is 1.87. The largest absolute Gasteiger partial charge is 0.378 e. The van der Waals surface area contributed by atoms with Crippen molar-refractivity contribution < 1.29 is 9.59 Å². The van der Waals surface area contributed by atoms with E-state index >= 15 is 0 Å². The van der Waals surface area contributed by atoms with Crippen LogP contribution in [0.5, 0.6) is 0 Å². The molecule has 1 heterocycles. The molecular formula is C17H16N2O2S. The Hall–Kier alpha value is -2.45. The van der Waals surface area contributed by atoms with Crippen molar-refractivity contribution in [2.24, 2.45) is 0 Å². The van der Waals surface area contributed by atoms with Gasteiger partial charge in [-0.1, -0.05) is 30.2 Å². The van der Waals surface area contributed by atoms with E-state index in [0.29, 0.717) is 4.91 Å². The number of nitrogens with zero attached hydrogens (tertiary/aromatic N) is 2. The Labute approximate surface area is 134 Å². The van der Waals surface area contributed by atoms with Gasteiger partial charge in [0.1, 0.15) is 0 Å². The number of carbonyl (C=O) groups is 2. The van der Waals surface area contributed by atoms with Crippen LogP contribution in [0.3, 0.4) is 0 Å². The zero-order chi connectivity index (χ0) is 16.1. The molecule has 1 aliphatic rings. The number of thioether (sulfide) groups is 1. The van der Waals surface area contributed by atoms with E-state index in [4.69, 9.17) is 6.42 Å². The second-order valence-corrected chi connectivity index (χ2v) is 5.83. The molecule has 2 rings (SSSR count). The average molecular weight is 312 g/mol. The summed E-state index contributed by atoms with van der Waals surface area (Å²) in [5.74, 6) is 1.98. The number of anilines is 1. The molecule has 1 fully saturated rings. The fraction of sp³-hybridized carbons (Fsp3) is 0.176.